The summed E-state index contributed by atoms with van der Waals surface area (Å²) < 4.78 is 4.69. The maximum atomic E-state index is 11.2. The van der Waals surface area contributed by atoms with Crippen molar-refractivity contribution in [3.05, 3.63) is 29.8 Å². The number of carbonyl (C=O) groups is 1. The van der Waals surface area contributed by atoms with Crippen molar-refractivity contribution in [2.75, 3.05) is 7.11 Å². The Hall–Kier alpha value is -1.00. The highest BCUT2D eigenvalue weighted by atomic mass is 32.2. The number of carbonyl (C=O) groups excluding carboxylic acids is 1. The number of rotatable bonds is 4. The average molecular weight is 291 g/mol. The third-order valence-electron chi connectivity index (χ3n) is 4.23. The fraction of sp³-hybridized carbons (Fsp3) is 0.562. The van der Waals surface area contributed by atoms with Crippen molar-refractivity contribution in [3.8, 4) is 0 Å². The lowest BCUT2D eigenvalue weighted by atomic mass is 10.1. The number of hydrogen-bond acceptors (Lipinski definition) is 4. The largest absolute Gasteiger partial charge is 0.469 e. The zero-order chi connectivity index (χ0) is 13.9. The zero-order valence-corrected chi connectivity index (χ0v) is 12.6. The first-order valence-corrected chi connectivity index (χ1v) is 8.19. The normalized spacial score (nSPS) is 28.4. The Balaban J connectivity index is 1.56. The lowest BCUT2D eigenvalue weighted by Crippen LogP contribution is -2.39. The van der Waals surface area contributed by atoms with Crippen LogP contribution >= 0.6 is 11.8 Å². The fourth-order valence-corrected chi connectivity index (χ4v) is 4.55. The van der Waals surface area contributed by atoms with Gasteiger partial charge in [0.05, 0.1) is 13.5 Å². The molecule has 0 aliphatic carbocycles. The molecule has 4 heteroatoms. The highest BCUT2D eigenvalue weighted by Crippen LogP contribution is 2.37. The van der Waals surface area contributed by atoms with Crippen molar-refractivity contribution < 1.29 is 9.53 Å². The molecule has 1 N–H and O–H groups in total. The van der Waals surface area contributed by atoms with E-state index in [0.717, 1.165) is 22.9 Å². The summed E-state index contributed by atoms with van der Waals surface area (Å²) in [6.07, 6.45) is 5.62. The van der Waals surface area contributed by atoms with Crippen molar-refractivity contribution in [1.29, 1.82) is 0 Å². The Kier molecular flexibility index (Phi) is 4.32. The van der Waals surface area contributed by atoms with Gasteiger partial charge in [0.2, 0.25) is 0 Å². The second-order valence-electron chi connectivity index (χ2n) is 5.75. The highest BCUT2D eigenvalue weighted by Gasteiger charge is 2.33. The van der Waals surface area contributed by atoms with Crippen molar-refractivity contribution in [2.24, 2.45) is 0 Å². The van der Waals surface area contributed by atoms with Crippen LogP contribution in [0.3, 0.4) is 0 Å². The maximum absolute atomic E-state index is 11.2. The number of ether oxygens (including phenoxy) is 1. The monoisotopic (exact) mass is 291 g/mol. The van der Waals surface area contributed by atoms with Crippen molar-refractivity contribution in [3.63, 3.8) is 0 Å². The predicted molar refractivity (Wildman–Crippen MR) is 81.0 cm³/mol. The molecule has 2 aliphatic rings. The average Bonchev–Trinajstić information content (AvgIpc) is 2.80. The number of hydrogen-bond donors (Lipinski definition) is 1. The molecule has 0 saturated carbocycles. The molecule has 0 radical (unpaired) electrons. The van der Waals surface area contributed by atoms with Crippen LogP contribution in [0, 0.1) is 0 Å². The van der Waals surface area contributed by atoms with E-state index in [2.05, 4.69) is 22.2 Å². The van der Waals surface area contributed by atoms with E-state index >= 15 is 0 Å². The lowest BCUT2D eigenvalue weighted by Gasteiger charge is -2.28. The van der Waals surface area contributed by atoms with Gasteiger partial charge in [-0.15, -0.1) is 11.8 Å². The van der Waals surface area contributed by atoms with E-state index in [0.29, 0.717) is 6.42 Å². The van der Waals surface area contributed by atoms with Gasteiger partial charge >= 0.3 is 5.97 Å². The Morgan fingerprint density at radius 2 is 1.90 bits per heavy atom. The van der Waals surface area contributed by atoms with E-state index in [-0.39, 0.29) is 5.97 Å². The summed E-state index contributed by atoms with van der Waals surface area (Å²) in [4.78, 5) is 12.5. The van der Waals surface area contributed by atoms with E-state index in [1.165, 1.54) is 37.7 Å². The Morgan fingerprint density at radius 1 is 1.25 bits per heavy atom. The summed E-state index contributed by atoms with van der Waals surface area (Å²) in [5.74, 6) is -0.180. The molecule has 108 valence electrons. The summed E-state index contributed by atoms with van der Waals surface area (Å²) in [7, 11) is 1.43. The topological polar surface area (TPSA) is 38.3 Å². The molecule has 0 spiro atoms. The van der Waals surface area contributed by atoms with Gasteiger partial charge in [-0.1, -0.05) is 12.1 Å². The Morgan fingerprint density at radius 3 is 2.50 bits per heavy atom. The smallest absolute Gasteiger partial charge is 0.309 e. The highest BCUT2D eigenvalue weighted by molar-refractivity contribution is 8.00. The molecule has 2 fully saturated rings. The molecule has 0 aromatic heterocycles. The molecular formula is C16H21NO2S. The quantitative estimate of drug-likeness (QED) is 0.866. The molecule has 0 amide bonds. The Bertz CT molecular complexity index is 462. The van der Waals surface area contributed by atoms with Crippen LogP contribution in [-0.4, -0.2) is 30.4 Å². The summed E-state index contributed by atoms with van der Waals surface area (Å²) in [6, 6.07) is 9.82. The van der Waals surface area contributed by atoms with Crippen LogP contribution in [-0.2, 0) is 16.0 Å². The number of piperidine rings is 1. The molecule has 20 heavy (non-hydrogen) atoms. The zero-order valence-electron chi connectivity index (χ0n) is 11.8. The van der Waals surface area contributed by atoms with Crippen LogP contribution in [0.15, 0.2) is 29.2 Å². The number of fused-ring (bicyclic) bond motifs is 2. The van der Waals surface area contributed by atoms with Crippen LogP contribution in [0.1, 0.15) is 31.2 Å². The fourth-order valence-electron chi connectivity index (χ4n) is 3.22. The van der Waals surface area contributed by atoms with Crippen LogP contribution in [0.5, 0.6) is 0 Å². The number of benzene rings is 1. The van der Waals surface area contributed by atoms with E-state index in [1.807, 2.05) is 23.9 Å². The number of thioether (sulfide) groups is 1. The molecule has 1 aromatic rings. The SMILES string of the molecule is COC(=O)Cc1ccc(SC2C[C@H]3CC[C@@H](C2)N3)cc1. The minimum atomic E-state index is -0.180. The van der Waals surface area contributed by atoms with Crippen molar-refractivity contribution in [2.45, 2.75) is 54.3 Å². The van der Waals surface area contributed by atoms with E-state index in [1.54, 1.807) is 0 Å². The van der Waals surface area contributed by atoms with Gasteiger partial charge in [0.25, 0.3) is 0 Å². The third-order valence-corrected chi connectivity index (χ3v) is 5.49. The molecule has 3 rings (SSSR count). The summed E-state index contributed by atoms with van der Waals surface area (Å²) in [5.41, 5.74) is 1.02. The van der Waals surface area contributed by atoms with Crippen molar-refractivity contribution >= 4 is 17.7 Å². The minimum Gasteiger partial charge on any atom is -0.469 e. The first-order chi connectivity index (χ1) is 9.72. The van der Waals surface area contributed by atoms with Crippen LogP contribution in [0.2, 0.25) is 0 Å². The molecule has 2 aliphatic heterocycles. The van der Waals surface area contributed by atoms with Gasteiger partial charge in [-0.3, -0.25) is 4.79 Å². The van der Waals surface area contributed by atoms with Gasteiger partial charge in [-0.05, 0) is 43.4 Å². The Labute approximate surface area is 124 Å². The minimum absolute atomic E-state index is 0.180. The molecular weight excluding hydrogens is 270 g/mol. The van der Waals surface area contributed by atoms with Gasteiger partial charge in [-0.2, -0.15) is 0 Å². The third kappa shape index (κ3) is 3.36. The summed E-state index contributed by atoms with van der Waals surface area (Å²) >= 11 is 1.99. The number of esters is 1. The van der Waals surface area contributed by atoms with Gasteiger partial charge < -0.3 is 10.1 Å². The van der Waals surface area contributed by atoms with Crippen LogP contribution in [0.4, 0.5) is 0 Å². The molecule has 2 heterocycles. The van der Waals surface area contributed by atoms with E-state index < -0.39 is 0 Å². The number of methoxy groups -OCH3 is 1. The molecule has 1 aromatic carbocycles. The first kappa shape index (κ1) is 14.0. The van der Waals surface area contributed by atoms with Gasteiger partial charge in [0.15, 0.2) is 0 Å². The lowest BCUT2D eigenvalue weighted by molar-refractivity contribution is -0.139. The van der Waals surface area contributed by atoms with E-state index in [4.69, 9.17) is 0 Å². The van der Waals surface area contributed by atoms with Crippen LogP contribution in [0.25, 0.3) is 0 Å². The first-order valence-electron chi connectivity index (χ1n) is 7.31. The second-order valence-corrected chi connectivity index (χ2v) is 7.12. The molecule has 2 bridgehead atoms. The number of nitrogens with one attached hydrogen (secondary N) is 1. The van der Waals surface area contributed by atoms with Gasteiger partial charge in [0.1, 0.15) is 0 Å². The van der Waals surface area contributed by atoms with E-state index in [9.17, 15) is 4.79 Å². The molecule has 3 nitrogen and oxygen atoms in total. The molecule has 1 unspecified atom stereocenters. The predicted octanol–water partition coefficient (Wildman–Crippen LogP) is 2.78. The van der Waals surface area contributed by atoms with Gasteiger partial charge in [0, 0.05) is 22.2 Å². The molecule has 2 saturated heterocycles. The van der Waals surface area contributed by atoms with Crippen LogP contribution < -0.4 is 5.32 Å². The summed E-state index contributed by atoms with van der Waals surface area (Å²) in [6.45, 7) is 0. The standard InChI is InChI=1S/C16H21NO2S/c1-19-16(18)8-11-2-6-14(7-3-11)20-15-9-12-4-5-13(10-15)17-12/h2-3,6-7,12-13,15,17H,4-5,8-10H2,1H3/t12-,13+,15?. The maximum Gasteiger partial charge on any atom is 0.309 e. The van der Waals surface area contributed by atoms with Gasteiger partial charge in [-0.25, -0.2) is 0 Å². The molecule has 3 atom stereocenters. The second kappa shape index (κ2) is 6.19. The van der Waals surface area contributed by atoms with Crippen molar-refractivity contribution in [1.82, 2.24) is 5.32 Å². The summed E-state index contributed by atoms with van der Waals surface area (Å²) in [5, 5.41) is 4.41.